The van der Waals surface area contributed by atoms with Gasteiger partial charge in [0, 0.05) is 17.4 Å². The molecule has 3 nitrogen and oxygen atoms in total. The minimum Gasteiger partial charge on any atom is -0.329 e. The molecule has 1 aromatic carbocycles. The van der Waals surface area contributed by atoms with Gasteiger partial charge in [0.25, 0.3) is 0 Å². The average Bonchev–Trinajstić information content (AvgIpc) is 2.79. The molecule has 1 N–H and O–H groups in total. The van der Waals surface area contributed by atoms with Gasteiger partial charge in [-0.1, -0.05) is 18.5 Å². The summed E-state index contributed by atoms with van der Waals surface area (Å²) in [7, 11) is 0. The van der Waals surface area contributed by atoms with Gasteiger partial charge in [-0.2, -0.15) is 0 Å². The summed E-state index contributed by atoms with van der Waals surface area (Å²) in [5, 5.41) is 3.78. The normalized spacial score (nSPS) is 10.8. The number of benzene rings is 1. The van der Waals surface area contributed by atoms with Gasteiger partial charge >= 0.3 is 0 Å². The summed E-state index contributed by atoms with van der Waals surface area (Å²) in [5.41, 5.74) is 0.757. The quantitative estimate of drug-likeness (QED) is 0.903. The van der Waals surface area contributed by atoms with Gasteiger partial charge in [0.15, 0.2) is 0 Å². The molecule has 1 heterocycles. The van der Waals surface area contributed by atoms with E-state index >= 15 is 0 Å². The molecule has 0 unspecified atom stereocenters. The van der Waals surface area contributed by atoms with Gasteiger partial charge in [0.2, 0.25) is 0 Å². The Balaban J connectivity index is 2.18. The number of aromatic nitrogens is 2. The predicted octanol–water partition coefficient (Wildman–Crippen LogP) is 2.83. The van der Waals surface area contributed by atoms with Gasteiger partial charge in [-0.25, -0.2) is 9.37 Å². The predicted molar refractivity (Wildman–Crippen MR) is 70.1 cm³/mol. The fourth-order valence-corrected chi connectivity index (χ4v) is 1.91. The average molecular weight is 268 g/mol. The van der Waals surface area contributed by atoms with Crippen LogP contribution >= 0.6 is 11.6 Å². The molecule has 1 aromatic heterocycles. The van der Waals surface area contributed by atoms with Gasteiger partial charge in [-0.05, 0) is 30.3 Å². The standard InChI is InChI=1S/C13H15ClFN3/c1-2-16-8-13-17-5-6-18(13)9-10-7-11(15)3-4-12(10)14/h3-7,16H,2,8-9H2,1H3. The summed E-state index contributed by atoms with van der Waals surface area (Å²) in [5.74, 6) is 0.639. The minimum absolute atomic E-state index is 0.275. The van der Waals surface area contributed by atoms with Gasteiger partial charge in [0.05, 0.1) is 13.1 Å². The van der Waals surface area contributed by atoms with E-state index in [0.29, 0.717) is 18.1 Å². The highest BCUT2D eigenvalue weighted by Crippen LogP contribution is 2.18. The molecular formula is C13H15ClFN3. The maximum Gasteiger partial charge on any atom is 0.123 e. The van der Waals surface area contributed by atoms with E-state index in [9.17, 15) is 4.39 Å². The Morgan fingerprint density at radius 1 is 1.44 bits per heavy atom. The van der Waals surface area contributed by atoms with Crippen molar-refractivity contribution in [1.82, 2.24) is 14.9 Å². The molecule has 0 aliphatic heterocycles. The fourth-order valence-electron chi connectivity index (χ4n) is 1.74. The van der Waals surface area contributed by atoms with Crippen LogP contribution in [0.4, 0.5) is 4.39 Å². The molecule has 0 aliphatic carbocycles. The van der Waals surface area contributed by atoms with E-state index < -0.39 is 0 Å². The van der Waals surface area contributed by atoms with E-state index in [0.717, 1.165) is 17.9 Å². The molecule has 18 heavy (non-hydrogen) atoms. The molecule has 0 saturated carbocycles. The van der Waals surface area contributed by atoms with Crippen molar-refractivity contribution in [2.45, 2.75) is 20.0 Å². The lowest BCUT2D eigenvalue weighted by molar-refractivity contribution is 0.617. The number of imidazole rings is 1. The molecule has 2 rings (SSSR count). The largest absolute Gasteiger partial charge is 0.329 e. The van der Waals surface area contributed by atoms with Crippen LogP contribution in [-0.4, -0.2) is 16.1 Å². The van der Waals surface area contributed by atoms with Crippen LogP contribution < -0.4 is 5.32 Å². The van der Waals surface area contributed by atoms with Crippen LogP contribution in [0.3, 0.4) is 0 Å². The van der Waals surface area contributed by atoms with Crippen LogP contribution in [0, 0.1) is 5.82 Å². The van der Waals surface area contributed by atoms with Crippen LogP contribution in [0.1, 0.15) is 18.3 Å². The highest BCUT2D eigenvalue weighted by Gasteiger charge is 2.06. The van der Waals surface area contributed by atoms with Crippen LogP contribution in [0.15, 0.2) is 30.6 Å². The number of halogens is 2. The third-order valence-corrected chi connectivity index (χ3v) is 3.05. The number of nitrogens with one attached hydrogen (secondary N) is 1. The van der Waals surface area contributed by atoms with Crippen molar-refractivity contribution in [3.63, 3.8) is 0 Å². The van der Waals surface area contributed by atoms with Gasteiger partial charge < -0.3 is 9.88 Å². The number of hydrogen-bond donors (Lipinski definition) is 1. The van der Waals surface area contributed by atoms with Gasteiger partial charge in [-0.3, -0.25) is 0 Å². The zero-order valence-electron chi connectivity index (χ0n) is 10.2. The zero-order chi connectivity index (χ0) is 13.0. The molecule has 0 saturated heterocycles. The second-order valence-electron chi connectivity index (χ2n) is 3.99. The molecule has 0 aliphatic rings. The molecule has 0 fully saturated rings. The molecule has 0 amide bonds. The van der Waals surface area contributed by atoms with E-state index in [1.165, 1.54) is 12.1 Å². The first-order valence-corrected chi connectivity index (χ1v) is 6.23. The van der Waals surface area contributed by atoms with Crippen LogP contribution in [0.25, 0.3) is 0 Å². The molecular weight excluding hydrogens is 253 g/mol. The maximum atomic E-state index is 13.2. The van der Waals surface area contributed by atoms with Gasteiger partial charge in [0.1, 0.15) is 11.6 Å². The molecule has 0 spiro atoms. The van der Waals surface area contributed by atoms with Crippen molar-refractivity contribution in [2.24, 2.45) is 0 Å². The summed E-state index contributed by atoms with van der Waals surface area (Å²) < 4.78 is 15.1. The highest BCUT2D eigenvalue weighted by atomic mass is 35.5. The van der Waals surface area contributed by atoms with Crippen molar-refractivity contribution in [2.75, 3.05) is 6.54 Å². The third kappa shape index (κ3) is 3.09. The zero-order valence-corrected chi connectivity index (χ0v) is 10.9. The Kier molecular flexibility index (Phi) is 4.33. The van der Waals surface area contributed by atoms with E-state index in [2.05, 4.69) is 10.3 Å². The van der Waals surface area contributed by atoms with Crippen molar-refractivity contribution >= 4 is 11.6 Å². The van der Waals surface area contributed by atoms with Crippen molar-refractivity contribution in [3.8, 4) is 0 Å². The van der Waals surface area contributed by atoms with Crippen LogP contribution in [0.5, 0.6) is 0 Å². The second-order valence-corrected chi connectivity index (χ2v) is 4.39. The SMILES string of the molecule is CCNCc1nccn1Cc1cc(F)ccc1Cl. The first kappa shape index (κ1) is 13.1. The number of nitrogens with zero attached hydrogens (tertiary/aromatic N) is 2. The molecule has 0 atom stereocenters. The Hall–Kier alpha value is -1.39. The summed E-state index contributed by atoms with van der Waals surface area (Å²) in [4.78, 5) is 4.27. The van der Waals surface area contributed by atoms with E-state index in [1.807, 2.05) is 17.7 Å². The van der Waals surface area contributed by atoms with Crippen LogP contribution in [-0.2, 0) is 13.1 Å². The Bertz CT molecular complexity index is 525. The first-order valence-electron chi connectivity index (χ1n) is 5.85. The Labute approximate surface area is 111 Å². The number of rotatable bonds is 5. The van der Waals surface area contributed by atoms with Gasteiger partial charge in [-0.15, -0.1) is 0 Å². The summed E-state index contributed by atoms with van der Waals surface area (Å²) in [6.45, 7) is 4.14. The molecule has 2 aromatic rings. The van der Waals surface area contributed by atoms with Crippen molar-refractivity contribution in [1.29, 1.82) is 0 Å². The van der Waals surface area contributed by atoms with E-state index in [-0.39, 0.29) is 5.82 Å². The summed E-state index contributed by atoms with van der Waals surface area (Å²) in [6.07, 6.45) is 3.60. The molecule has 0 bridgehead atoms. The lowest BCUT2D eigenvalue weighted by atomic mass is 10.2. The lowest BCUT2D eigenvalue weighted by Gasteiger charge is -2.09. The summed E-state index contributed by atoms with van der Waals surface area (Å²) in [6, 6.07) is 4.39. The third-order valence-electron chi connectivity index (χ3n) is 2.68. The Morgan fingerprint density at radius 3 is 3.06 bits per heavy atom. The highest BCUT2D eigenvalue weighted by molar-refractivity contribution is 6.31. The monoisotopic (exact) mass is 267 g/mol. The van der Waals surface area contributed by atoms with E-state index in [1.54, 1.807) is 12.3 Å². The van der Waals surface area contributed by atoms with E-state index in [4.69, 9.17) is 11.6 Å². The minimum atomic E-state index is -0.275. The Morgan fingerprint density at radius 2 is 2.28 bits per heavy atom. The maximum absolute atomic E-state index is 13.2. The van der Waals surface area contributed by atoms with Crippen molar-refractivity contribution in [3.05, 3.63) is 52.8 Å². The summed E-state index contributed by atoms with van der Waals surface area (Å²) >= 11 is 6.05. The van der Waals surface area contributed by atoms with Crippen molar-refractivity contribution < 1.29 is 4.39 Å². The molecule has 96 valence electrons. The smallest absolute Gasteiger partial charge is 0.123 e. The second kappa shape index (κ2) is 5.98. The molecule has 5 heteroatoms. The van der Waals surface area contributed by atoms with Crippen LogP contribution in [0.2, 0.25) is 5.02 Å². The fraction of sp³-hybridized carbons (Fsp3) is 0.308. The topological polar surface area (TPSA) is 29.9 Å². The lowest BCUT2D eigenvalue weighted by Crippen LogP contribution is -2.16. The number of hydrogen-bond acceptors (Lipinski definition) is 2. The molecule has 0 radical (unpaired) electrons. The first-order chi connectivity index (χ1) is 8.70.